The highest BCUT2D eigenvalue weighted by Crippen LogP contribution is 2.19. The topological polar surface area (TPSA) is 55.1 Å². The van der Waals surface area contributed by atoms with Gasteiger partial charge in [-0.1, -0.05) is 13.3 Å². The number of anilines is 1. The molecule has 5 heteroatoms. The SMILES string of the molecule is CCC[C@@H](N)C(=O)Nc1cc(F)c(C)cc1F. The lowest BCUT2D eigenvalue weighted by molar-refractivity contribution is -0.117. The molecule has 1 atom stereocenters. The Bertz CT molecular complexity index is 421. The zero-order chi connectivity index (χ0) is 13.0. The predicted molar refractivity (Wildman–Crippen MR) is 62.6 cm³/mol. The largest absolute Gasteiger partial charge is 0.322 e. The fourth-order valence-corrected chi connectivity index (χ4v) is 1.41. The van der Waals surface area contributed by atoms with Crippen molar-refractivity contribution in [3.8, 4) is 0 Å². The van der Waals surface area contributed by atoms with Crippen LogP contribution in [-0.4, -0.2) is 11.9 Å². The number of hydrogen-bond acceptors (Lipinski definition) is 2. The van der Waals surface area contributed by atoms with Crippen LogP contribution in [0.1, 0.15) is 25.3 Å². The third-order valence-electron chi connectivity index (χ3n) is 2.44. The number of halogens is 2. The van der Waals surface area contributed by atoms with Crippen molar-refractivity contribution in [3.63, 3.8) is 0 Å². The lowest BCUT2D eigenvalue weighted by atomic mass is 10.1. The number of nitrogens with two attached hydrogens (primary N) is 1. The summed E-state index contributed by atoms with van der Waals surface area (Å²) in [4.78, 5) is 11.5. The third kappa shape index (κ3) is 3.49. The quantitative estimate of drug-likeness (QED) is 0.851. The molecule has 0 bridgehead atoms. The molecule has 0 saturated carbocycles. The van der Waals surface area contributed by atoms with Gasteiger partial charge < -0.3 is 11.1 Å². The Kier molecular flexibility index (Phi) is 4.57. The lowest BCUT2D eigenvalue weighted by Gasteiger charge is -2.12. The van der Waals surface area contributed by atoms with Gasteiger partial charge in [0.2, 0.25) is 5.91 Å². The van der Waals surface area contributed by atoms with Crippen LogP contribution in [0.25, 0.3) is 0 Å². The van der Waals surface area contributed by atoms with Crippen molar-refractivity contribution in [1.29, 1.82) is 0 Å². The summed E-state index contributed by atoms with van der Waals surface area (Å²) < 4.78 is 26.6. The molecular weight excluding hydrogens is 226 g/mol. The van der Waals surface area contributed by atoms with Gasteiger partial charge in [0.1, 0.15) is 11.6 Å². The van der Waals surface area contributed by atoms with Crippen LogP contribution in [-0.2, 0) is 4.79 Å². The van der Waals surface area contributed by atoms with Crippen LogP contribution in [0.2, 0.25) is 0 Å². The molecule has 0 aliphatic rings. The summed E-state index contributed by atoms with van der Waals surface area (Å²) in [6.07, 6.45) is 1.25. The summed E-state index contributed by atoms with van der Waals surface area (Å²) in [5, 5.41) is 2.28. The monoisotopic (exact) mass is 242 g/mol. The van der Waals surface area contributed by atoms with E-state index in [0.29, 0.717) is 6.42 Å². The van der Waals surface area contributed by atoms with E-state index in [9.17, 15) is 13.6 Å². The van der Waals surface area contributed by atoms with Gasteiger partial charge in [-0.15, -0.1) is 0 Å². The highest BCUT2D eigenvalue weighted by atomic mass is 19.1. The van der Waals surface area contributed by atoms with Crippen molar-refractivity contribution < 1.29 is 13.6 Å². The number of rotatable bonds is 4. The molecule has 0 spiro atoms. The molecule has 3 N–H and O–H groups in total. The molecule has 3 nitrogen and oxygen atoms in total. The Labute approximate surface area is 99.0 Å². The second-order valence-corrected chi connectivity index (χ2v) is 3.97. The first kappa shape index (κ1) is 13.6. The summed E-state index contributed by atoms with van der Waals surface area (Å²) in [5.74, 6) is -1.74. The molecule has 0 aliphatic carbocycles. The number of carbonyl (C=O) groups excluding carboxylic acids is 1. The molecule has 0 aromatic heterocycles. The van der Waals surface area contributed by atoms with Crippen molar-refractivity contribution >= 4 is 11.6 Å². The Hall–Kier alpha value is -1.49. The first-order valence-electron chi connectivity index (χ1n) is 5.47. The summed E-state index contributed by atoms with van der Waals surface area (Å²) in [6, 6.07) is 1.29. The Balaban J connectivity index is 2.81. The summed E-state index contributed by atoms with van der Waals surface area (Å²) in [6.45, 7) is 3.34. The van der Waals surface area contributed by atoms with Crippen molar-refractivity contribution in [3.05, 3.63) is 29.3 Å². The van der Waals surface area contributed by atoms with E-state index < -0.39 is 23.6 Å². The molecule has 1 aromatic carbocycles. The number of benzene rings is 1. The molecule has 17 heavy (non-hydrogen) atoms. The number of hydrogen-bond donors (Lipinski definition) is 2. The van der Waals surface area contributed by atoms with E-state index in [1.54, 1.807) is 0 Å². The van der Waals surface area contributed by atoms with Crippen LogP contribution in [0.4, 0.5) is 14.5 Å². The lowest BCUT2D eigenvalue weighted by Crippen LogP contribution is -2.35. The van der Waals surface area contributed by atoms with Crippen LogP contribution < -0.4 is 11.1 Å². The molecule has 0 heterocycles. The maximum Gasteiger partial charge on any atom is 0.241 e. The summed E-state index contributed by atoms with van der Waals surface area (Å²) >= 11 is 0. The average molecular weight is 242 g/mol. The van der Waals surface area contributed by atoms with Crippen LogP contribution in [0, 0.1) is 18.6 Å². The smallest absolute Gasteiger partial charge is 0.241 e. The van der Waals surface area contributed by atoms with Crippen molar-refractivity contribution in [2.24, 2.45) is 5.73 Å². The van der Waals surface area contributed by atoms with Crippen LogP contribution in [0.15, 0.2) is 12.1 Å². The maximum atomic E-state index is 13.4. The number of nitrogens with one attached hydrogen (secondary N) is 1. The molecule has 1 amide bonds. The zero-order valence-corrected chi connectivity index (χ0v) is 9.89. The molecule has 94 valence electrons. The van der Waals surface area contributed by atoms with Crippen molar-refractivity contribution in [2.75, 3.05) is 5.32 Å². The minimum Gasteiger partial charge on any atom is -0.322 e. The molecule has 0 fully saturated rings. The van der Waals surface area contributed by atoms with Gasteiger partial charge in [0.15, 0.2) is 0 Å². The van der Waals surface area contributed by atoms with E-state index in [1.807, 2.05) is 6.92 Å². The van der Waals surface area contributed by atoms with E-state index in [4.69, 9.17) is 5.73 Å². The van der Waals surface area contributed by atoms with Gasteiger partial charge >= 0.3 is 0 Å². The van der Waals surface area contributed by atoms with Crippen LogP contribution in [0.3, 0.4) is 0 Å². The van der Waals surface area contributed by atoms with E-state index in [-0.39, 0.29) is 11.3 Å². The summed E-state index contributed by atoms with van der Waals surface area (Å²) in [7, 11) is 0. The van der Waals surface area contributed by atoms with Crippen LogP contribution in [0.5, 0.6) is 0 Å². The number of aryl methyl sites for hydroxylation is 1. The highest BCUT2D eigenvalue weighted by Gasteiger charge is 2.15. The molecule has 0 radical (unpaired) electrons. The van der Waals surface area contributed by atoms with Gasteiger partial charge in [0.25, 0.3) is 0 Å². The van der Waals surface area contributed by atoms with E-state index in [1.165, 1.54) is 6.92 Å². The normalized spacial score (nSPS) is 12.3. The number of carbonyl (C=O) groups is 1. The molecular formula is C12H16F2N2O. The zero-order valence-electron chi connectivity index (χ0n) is 9.89. The van der Waals surface area contributed by atoms with E-state index in [2.05, 4.69) is 5.32 Å². The Morgan fingerprint density at radius 1 is 1.41 bits per heavy atom. The average Bonchev–Trinajstić information content (AvgIpc) is 2.26. The van der Waals surface area contributed by atoms with Gasteiger partial charge in [-0.3, -0.25) is 4.79 Å². The maximum absolute atomic E-state index is 13.4. The Morgan fingerprint density at radius 3 is 2.65 bits per heavy atom. The molecule has 0 unspecified atom stereocenters. The van der Waals surface area contributed by atoms with E-state index >= 15 is 0 Å². The van der Waals surface area contributed by atoms with Gasteiger partial charge in [-0.05, 0) is 25.0 Å². The van der Waals surface area contributed by atoms with Gasteiger partial charge in [-0.2, -0.15) is 0 Å². The van der Waals surface area contributed by atoms with Gasteiger partial charge in [-0.25, -0.2) is 8.78 Å². The summed E-state index contributed by atoms with van der Waals surface area (Å²) in [5.41, 5.74) is 5.58. The van der Waals surface area contributed by atoms with E-state index in [0.717, 1.165) is 18.6 Å². The molecule has 1 rings (SSSR count). The molecule has 1 aromatic rings. The second kappa shape index (κ2) is 5.72. The van der Waals surface area contributed by atoms with Crippen molar-refractivity contribution in [2.45, 2.75) is 32.7 Å². The van der Waals surface area contributed by atoms with Gasteiger partial charge in [0, 0.05) is 6.07 Å². The third-order valence-corrected chi connectivity index (χ3v) is 2.44. The first-order valence-corrected chi connectivity index (χ1v) is 5.47. The fourth-order valence-electron chi connectivity index (χ4n) is 1.41. The second-order valence-electron chi connectivity index (χ2n) is 3.97. The molecule has 0 saturated heterocycles. The molecule has 0 aliphatic heterocycles. The standard InChI is InChI=1S/C12H16F2N2O/c1-3-4-10(15)12(17)16-11-6-8(13)7(2)5-9(11)14/h5-6,10H,3-4,15H2,1-2H3,(H,16,17)/t10-/m1/s1. The first-order chi connectivity index (χ1) is 7.95. The van der Waals surface area contributed by atoms with Crippen LogP contribution >= 0.6 is 0 Å². The predicted octanol–water partition coefficient (Wildman–Crippen LogP) is 2.34. The minimum absolute atomic E-state index is 0.176. The Morgan fingerprint density at radius 2 is 2.06 bits per heavy atom. The minimum atomic E-state index is -0.705. The fraction of sp³-hybridized carbons (Fsp3) is 0.417. The highest BCUT2D eigenvalue weighted by molar-refractivity contribution is 5.94. The van der Waals surface area contributed by atoms with Crippen molar-refractivity contribution in [1.82, 2.24) is 0 Å². The number of amides is 1. The van der Waals surface area contributed by atoms with Gasteiger partial charge in [0.05, 0.1) is 11.7 Å².